The number of carboxylic acids is 1. The van der Waals surface area contributed by atoms with Crippen LogP contribution in [0, 0.1) is 0 Å². The third kappa shape index (κ3) is 2.35. The van der Waals surface area contributed by atoms with Crippen LogP contribution in [0.5, 0.6) is 0 Å². The fraction of sp³-hybridized carbons (Fsp3) is 0.333. The Bertz CT molecular complexity index is 283. The van der Waals surface area contributed by atoms with E-state index in [1.807, 2.05) is 0 Å². The molecule has 0 amide bonds. The highest BCUT2D eigenvalue weighted by Crippen LogP contribution is 2.12. The van der Waals surface area contributed by atoms with Crippen LogP contribution < -0.4 is 0 Å². The molecule has 1 rings (SSSR count). The fourth-order valence-corrected chi connectivity index (χ4v) is 0.950. The number of hydrogen-bond acceptors (Lipinski definition) is 4. The molecular weight excluding hydrogens is 188 g/mol. The minimum atomic E-state index is -1.30. The standard InChI is InChI=1S/C9H10O5/c1-6(10)7-8(9(11)12)14-5-3-2-4-13-7/h2-3H,4-5H2,1H3,(H,11,12)/b3-2-,8-7?. The first kappa shape index (κ1) is 10.3. The lowest BCUT2D eigenvalue weighted by Gasteiger charge is -2.12. The Balaban J connectivity index is 3.00. The summed E-state index contributed by atoms with van der Waals surface area (Å²) in [6.07, 6.45) is 3.28. The number of Topliss-reactive ketones (excluding diaryl/α,β-unsaturated/α-hetero) is 1. The number of aliphatic carboxylic acids is 1. The first-order valence-electron chi connectivity index (χ1n) is 4.02. The number of allylic oxidation sites excluding steroid dienone is 1. The SMILES string of the molecule is CC(=O)C1=C(C(=O)O)OC/C=C\CO1. The van der Waals surface area contributed by atoms with Crippen LogP contribution >= 0.6 is 0 Å². The second-order valence-electron chi connectivity index (χ2n) is 2.61. The Morgan fingerprint density at radius 1 is 1.21 bits per heavy atom. The van der Waals surface area contributed by atoms with E-state index in [0.29, 0.717) is 0 Å². The van der Waals surface area contributed by atoms with Gasteiger partial charge >= 0.3 is 5.97 Å². The van der Waals surface area contributed by atoms with E-state index in [-0.39, 0.29) is 19.0 Å². The molecule has 0 spiro atoms. The summed E-state index contributed by atoms with van der Waals surface area (Å²) in [4.78, 5) is 21.7. The Labute approximate surface area is 80.6 Å². The van der Waals surface area contributed by atoms with Crippen molar-refractivity contribution in [3.63, 3.8) is 0 Å². The van der Waals surface area contributed by atoms with Gasteiger partial charge in [-0.2, -0.15) is 0 Å². The smallest absolute Gasteiger partial charge is 0.375 e. The van der Waals surface area contributed by atoms with Gasteiger partial charge in [0.1, 0.15) is 13.2 Å². The zero-order valence-corrected chi connectivity index (χ0v) is 7.65. The molecule has 14 heavy (non-hydrogen) atoms. The lowest BCUT2D eigenvalue weighted by Crippen LogP contribution is -2.16. The molecule has 1 N–H and O–H groups in total. The van der Waals surface area contributed by atoms with Crippen LogP contribution in [0.15, 0.2) is 23.7 Å². The lowest BCUT2D eigenvalue weighted by atomic mass is 10.3. The van der Waals surface area contributed by atoms with Gasteiger partial charge in [0, 0.05) is 6.92 Å². The van der Waals surface area contributed by atoms with Gasteiger partial charge in [0.05, 0.1) is 0 Å². The number of carboxylic acid groups (broad SMARTS) is 1. The molecule has 76 valence electrons. The third-order valence-corrected chi connectivity index (χ3v) is 1.53. The van der Waals surface area contributed by atoms with Crippen LogP contribution in [0.4, 0.5) is 0 Å². The van der Waals surface area contributed by atoms with Gasteiger partial charge in [-0.05, 0) is 12.2 Å². The predicted octanol–water partition coefficient (Wildman–Crippen LogP) is 0.475. The predicted molar refractivity (Wildman–Crippen MR) is 46.4 cm³/mol. The molecule has 0 radical (unpaired) electrons. The molecule has 0 aromatic carbocycles. The first-order valence-corrected chi connectivity index (χ1v) is 4.02. The summed E-state index contributed by atoms with van der Waals surface area (Å²) in [6, 6.07) is 0. The molecule has 0 saturated carbocycles. The van der Waals surface area contributed by atoms with Crippen LogP contribution in [0.25, 0.3) is 0 Å². The van der Waals surface area contributed by atoms with Crippen molar-refractivity contribution in [1.82, 2.24) is 0 Å². The largest absolute Gasteiger partial charge is 0.482 e. The number of carbonyl (C=O) groups excluding carboxylic acids is 1. The number of ketones is 1. The molecule has 0 aromatic heterocycles. The van der Waals surface area contributed by atoms with Gasteiger partial charge in [-0.3, -0.25) is 4.79 Å². The van der Waals surface area contributed by atoms with E-state index >= 15 is 0 Å². The molecule has 0 aromatic rings. The normalized spacial score (nSPS) is 18.6. The van der Waals surface area contributed by atoms with Crippen LogP contribution in [-0.2, 0) is 19.1 Å². The molecule has 0 saturated heterocycles. The van der Waals surface area contributed by atoms with Gasteiger partial charge in [0.2, 0.25) is 5.76 Å². The zero-order valence-electron chi connectivity index (χ0n) is 7.65. The summed E-state index contributed by atoms with van der Waals surface area (Å²) < 4.78 is 9.82. The van der Waals surface area contributed by atoms with Crippen molar-refractivity contribution in [1.29, 1.82) is 0 Å². The molecule has 1 aliphatic rings. The van der Waals surface area contributed by atoms with Gasteiger partial charge in [-0.1, -0.05) is 0 Å². The minimum Gasteiger partial charge on any atom is -0.482 e. The van der Waals surface area contributed by atoms with Crippen molar-refractivity contribution >= 4 is 11.8 Å². The van der Waals surface area contributed by atoms with Gasteiger partial charge in [-0.15, -0.1) is 0 Å². The molecule has 5 heteroatoms. The summed E-state index contributed by atoms with van der Waals surface area (Å²) in [7, 11) is 0. The summed E-state index contributed by atoms with van der Waals surface area (Å²) in [5.74, 6) is -2.42. The fourth-order valence-electron chi connectivity index (χ4n) is 0.950. The molecule has 0 unspecified atom stereocenters. The van der Waals surface area contributed by atoms with Crippen LogP contribution in [0.3, 0.4) is 0 Å². The summed E-state index contributed by atoms with van der Waals surface area (Å²) in [6.45, 7) is 1.53. The highest BCUT2D eigenvalue weighted by Gasteiger charge is 2.21. The van der Waals surface area contributed by atoms with E-state index in [2.05, 4.69) is 0 Å². The second-order valence-corrected chi connectivity index (χ2v) is 2.61. The van der Waals surface area contributed by atoms with Gasteiger partial charge in [-0.25, -0.2) is 4.79 Å². The quantitative estimate of drug-likeness (QED) is 0.653. The highest BCUT2D eigenvalue weighted by atomic mass is 16.5. The third-order valence-electron chi connectivity index (χ3n) is 1.53. The average Bonchev–Trinajstić information content (AvgIpc) is 2.01. The van der Waals surface area contributed by atoms with Gasteiger partial charge in [0.25, 0.3) is 5.76 Å². The molecule has 0 aliphatic carbocycles. The molecule has 0 atom stereocenters. The van der Waals surface area contributed by atoms with E-state index in [0.717, 1.165) is 0 Å². The second kappa shape index (κ2) is 4.45. The Morgan fingerprint density at radius 2 is 1.71 bits per heavy atom. The molecule has 1 aliphatic heterocycles. The molecular formula is C9H10O5. The van der Waals surface area contributed by atoms with E-state index < -0.39 is 17.5 Å². The molecule has 0 fully saturated rings. The van der Waals surface area contributed by atoms with E-state index in [1.165, 1.54) is 6.92 Å². The topological polar surface area (TPSA) is 72.8 Å². The zero-order chi connectivity index (χ0) is 10.6. The number of hydrogen-bond donors (Lipinski definition) is 1. The van der Waals surface area contributed by atoms with Crippen molar-refractivity contribution in [2.75, 3.05) is 13.2 Å². The number of ether oxygens (including phenoxy) is 2. The Hall–Kier alpha value is -1.78. The van der Waals surface area contributed by atoms with Crippen molar-refractivity contribution in [2.24, 2.45) is 0 Å². The van der Waals surface area contributed by atoms with E-state index in [1.54, 1.807) is 12.2 Å². The maximum atomic E-state index is 11.0. The molecule has 1 heterocycles. The first-order chi connectivity index (χ1) is 6.63. The Kier molecular flexibility index (Phi) is 3.28. The summed E-state index contributed by atoms with van der Waals surface area (Å²) in [5, 5.41) is 8.74. The monoisotopic (exact) mass is 198 g/mol. The van der Waals surface area contributed by atoms with Crippen molar-refractivity contribution < 1.29 is 24.2 Å². The molecule has 0 bridgehead atoms. The Morgan fingerprint density at radius 3 is 2.14 bits per heavy atom. The van der Waals surface area contributed by atoms with E-state index in [4.69, 9.17) is 14.6 Å². The highest BCUT2D eigenvalue weighted by molar-refractivity contribution is 5.99. The van der Waals surface area contributed by atoms with Gasteiger partial charge < -0.3 is 14.6 Å². The minimum absolute atomic E-state index is 0.127. The van der Waals surface area contributed by atoms with Crippen molar-refractivity contribution in [3.8, 4) is 0 Å². The maximum Gasteiger partial charge on any atom is 0.375 e. The number of carbonyl (C=O) groups is 2. The van der Waals surface area contributed by atoms with Crippen molar-refractivity contribution in [2.45, 2.75) is 6.92 Å². The molecule has 5 nitrogen and oxygen atoms in total. The van der Waals surface area contributed by atoms with Crippen LogP contribution in [-0.4, -0.2) is 30.1 Å². The summed E-state index contributed by atoms with van der Waals surface area (Å²) >= 11 is 0. The maximum absolute atomic E-state index is 11.0. The summed E-state index contributed by atoms with van der Waals surface area (Å²) in [5.41, 5.74) is 0. The lowest BCUT2D eigenvalue weighted by molar-refractivity contribution is -0.137. The van der Waals surface area contributed by atoms with E-state index in [9.17, 15) is 9.59 Å². The van der Waals surface area contributed by atoms with Crippen LogP contribution in [0.1, 0.15) is 6.92 Å². The van der Waals surface area contributed by atoms with Crippen LogP contribution in [0.2, 0.25) is 0 Å². The van der Waals surface area contributed by atoms with Crippen molar-refractivity contribution in [3.05, 3.63) is 23.7 Å². The van der Waals surface area contributed by atoms with Gasteiger partial charge in [0.15, 0.2) is 5.78 Å². The average molecular weight is 198 g/mol. The number of rotatable bonds is 2.